The topological polar surface area (TPSA) is 79.8 Å². The number of ketones is 1. The molecule has 0 radical (unpaired) electrons. The summed E-state index contributed by atoms with van der Waals surface area (Å²) in [6, 6.07) is 5.40. The van der Waals surface area contributed by atoms with Crippen LogP contribution >= 0.6 is 0 Å². The molecular formula is C21H25N3O4. The number of carbonyl (C=O) groups is 3. The van der Waals surface area contributed by atoms with E-state index in [0.29, 0.717) is 56.8 Å². The Hall–Kier alpha value is -2.96. The highest BCUT2D eigenvalue weighted by Crippen LogP contribution is 2.28. The molecule has 1 aliphatic rings. The van der Waals surface area contributed by atoms with Gasteiger partial charge in [0.1, 0.15) is 11.5 Å². The predicted molar refractivity (Wildman–Crippen MR) is 105 cm³/mol. The van der Waals surface area contributed by atoms with Gasteiger partial charge in [0, 0.05) is 67.8 Å². The molecule has 0 aliphatic carbocycles. The molecule has 1 aliphatic heterocycles. The largest absolute Gasteiger partial charge is 0.496 e. The number of piperazine rings is 1. The number of amides is 2. The molecule has 2 amide bonds. The second-order valence-electron chi connectivity index (χ2n) is 6.97. The van der Waals surface area contributed by atoms with Crippen molar-refractivity contribution in [3.05, 3.63) is 36.2 Å². The van der Waals surface area contributed by atoms with Crippen LogP contribution in [0, 0.1) is 0 Å². The van der Waals surface area contributed by atoms with Crippen LogP contribution in [0.5, 0.6) is 5.75 Å². The van der Waals surface area contributed by atoms with Crippen molar-refractivity contribution in [3.8, 4) is 5.75 Å². The molecule has 3 rings (SSSR count). The zero-order valence-corrected chi connectivity index (χ0v) is 16.3. The summed E-state index contributed by atoms with van der Waals surface area (Å²) in [7, 11) is 1.60. The van der Waals surface area contributed by atoms with Crippen molar-refractivity contribution in [1.82, 2.24) is 14.8 Å². The maximum absolute atomic E-state index is 13.1. The molecule has 1 saturated heterocycles. The summed E-state index contributed by atoms with van der Waals surface area (Å²) >= 11 is 0. The highest BCUT2D eigenvalue weighted by Gasteiger charge is 2.26. The number of carbonyl (C=O) groups excluding carboxylic acids is 3. The Morgan fingerprint density at radius 1 is 1.00 bits per heavy atom. The van der Waals surface area contributed by atoms with Crippen molar-refractivity contribution in [1.29, 1.82) is 0 Å². The van der Waals surface area contributed by atoms with E-state index in [1.54, 1.807) is 41.4 Å². The SMILES string of the molecule is COc1ccc(C(=O)N2CCN(C(=O)CCCC(C)=O)CC2)c2cnccc12. The smallest absolute Gasteiger partial charge is 0.254 e. The molecule has 7 nitrogen and oxygen atoms in total. The van der Waals surface area contributed by atoms with Gasteiger partial charge in [-0.1, -0.05) is 0 Å². The molecule has 0 atom stereocenters. The molecule has 7 heteroatoms. The van der Waals surface area contributed by atoms with Crippen LogP contribution in [0.15, 0.2) is 30.6 Å². The monoisotopic (exact) mass is 383 g/mol. The fourth-order valence-corrected chi connectivity index (χ4v) is 3.50. The minimum absolute atomic E-state index is 0.0486. The number of methoxy groups -OCH3 is 1. The summed E-state index contributed by atoms with van der Waals surface area (Å²) in [5.74, 6) is 0.788. The van der Waals surface area contributed by atoms with Gasteiger partial charge >= 0.3 is 0 Å². The maximum Gasteiger partial charge on any atom is 0.254 e. The molecule has 0 saturated carbocycles. The first-order chi connectivity index (χ1) is 13.5. The van der Waals surface area contributed by atoms with Crippen molar-refractivity contribution in [2.45, 2.75) is 26.2 Å². The van der Waals surface area contributed by atoms with Gasteiger partial charge in [0.2, 0.25) is 5.91 Å². The minimum atomic E-state index is -0.0654. The van der Waals surface area contributed by atoms with E-state index in [2.05, 4.69) is 4.98 Å². The number of fused-ring (bicyclic) bond motifs is 1. The van der Waals surface area contributed by atoms with Gasteiger partial charge in [0.15, 0.2) is 0 Å². The van der Waals surface area contributed by atoms with Crippen LogP contribution < -0.4 is 4.74 Å². The highest BCUT2D eigenvalue weighted by atomic mass is 16.5. The van der Waals surface area contributed by atoms with Crippen LogP contribution in [0.4, 0.5) is 0 Å². The Morgan fingerprint density at radius 2 is 1.71 bits per heavy atom. The third-order valence-corrected chi connectivity index (χ3v) is 5.07. The summed E-state index contributed by atoms with van der Waals surface area (Å²) in [6.45, 7) is 3.54. The van der Waals surface area contributed by atoms with Crippen LogP contribution in [0.3, 0.4) is 0 Å². The lowest BCUT2D eigenvalue weighted by atomic mass is 10.0. The van der Waals surface area contributed by atoms with Gasteiger partial charge < -0.3 is 19.3 Å². The average molecular weight is 383 g/mol. The summed E-state index contributed by atoms with van der Waals surface area (Å²) < 4.78 is 5.38. The third-order valence-electron chi connectivity index (χ3n) is 5.07. The Labute approximate surface area is 164 Å². The van der Waals surface area contributed by atoms with Crippen molar-refractivity contribution in [3.63, 3.8) is 0 Å². The van der Waals surface area contributed by atoms with Crippen LogP contribution in [0.1, 0.15) is 36.5 Å². The van der Waals surface area contributed by atoms with E-state index in [4.69, 9.17) is 4.74 Å². The van der Waals surface area contributed by atoms with Crippen molar-refractivity contribution < 1.29 is 19.1 Å². The molecule has 1 aromatic carbocycles. The maximum atomic E-state index is 13.1. The summed E-state index contributed by atoms with van der Waals surface area (Å²) in [5.41, 5.74) is 0.588. The number of hydrogen-bond donors (Lipinski definition) is 0. The Balaban J connectivity index is 1.65. The molecule has 2 aromatic rings. The molecule has 1 fully saturated rings. The van der Waals surface area contributed by atoms with Crippen molar-refractivity contribution >= 4 is 28.4 Å². The van der Waals surface area contributed by atoms with E-state index in [-0.39, 0.29) is 17.6 Å². The molecule has 0 spiro atoms. The summed E-state index contributed by atoms with van der Waals surface area (Å²) in [4.78, 5) is 44.0. The fourth-order valence-electron chi connectivity index (χ4n) is 3.50. The Kier molecular flexibility index (Phi) is 6.23. The predicted octanol–water partition coefficient (Wildman–Crippen LogP) is 2.29. The molecule has 28 heavy (non-hydrogen) atoms. The van der Waals surface area contributed by atoms with Crippen molar-refractivity contribution in [2.75, 3.05) is 33.3 Å². The first kappa shape index (κ1) is 19.8. The zero-order chi connectivity index (χ0) is 20.1. The van der Waals surface area contributed by atoms with Crippen LogP contribution in [-0.2, 0) is 9.59 Å². The molecule has 0 bridgehead atoms. The number of benzene rings is 1. The van der Waals surface area contributed by atoms with Gasteiger partial charge in [-0.25, -0.2) is 0 Å². The van der Waals surface area contributed by atoms with Gasteiger partial charge in [-0.15, -0.1) is 0 Å². The van der Waals surface area contributed by atoms with Crippen LogP contribution in [0.25, 0.3) is 10.8 Å². The van der Waals surface area contributed by atoms with E-state index < -0.39 is 0 Å². The standard InChI is InChI=1S/C21H25N3O4/c1-15(25)4-3-5-20(26)23-10-12-24(13-11-23)21(27)17-6-7-19(28-2)16-8-9-22-14-18(16)17/h6-9,14H,3-5,10-13H2,1-2H3. The fraction of sp³-hybridized carbons (Fsp3) is 0.429. The minimum Gasteiger partial charge on any atom is -0.496 e. The lowest BCUT2D eigenvalue weighted by molar-refractivity contribution is -0.132. The lowest BCUT2D eigenvalue weighted by Gasteiger charge is -2.35. The third kappa shape index (κ3) is 4.30. The number of hydrogen-bond acceptors (Lipinski definition) is 5. The summed E-state index contributed by atoms with van der Waals surface area (Å²) in [6.07, 6.45) is 4.75. The number of rotatable bonds is 6. The second kappa shape index (κ2) is 8.82. The zero-order valence-electron chi connectivity index (χ0n) is 16.3. The van der Waals surface area contributed by atoms with E-state index in [1.807, 2.05) is 6.07 Å². The van der Waals surface area contributed by atoms with Gasteiger partial charge in [-0.2, -0.15) is 0 Å². The number of nitrogens with zero attached hydrogens (tertiary/aromatic N) is 3. The lowest BCUT2D eigenvalue weighted by Crippen LogP contribution is -2.50. The first-order valence-corrected chi connectivity index (χ1v) is 9.48. The first-order valence-electron chi connectivity index (χ1n) is 9.48. The molecular weight excluding hydrogens is 358 g/mol. The molecule has 2 heterocycles. The Bertz CT molecular complexity index is 888. The number of Topliss-reactive ketones (excluding diaryl/α,β-unsaturated/α-hetero) is 1. The molecule has 1 aromatic heterocycles. The summed E-state index contributed by atoms with van der Waals surface area (Å²) in [5, 5.41) is 1.61. The second-order valence-corrected chi connectivity index (χ2v) is 6.97. The van der Waals surface area contributed by atoms with Gasteiger partial charge in [0.05, 0.1) is 7.11 Å². The van der Waals surface area contributed by atoms with Crippen LogP contribution in [0.2, 0.25) is 0 Å². The van der Waals surface area contributed by atoms with Gasteiger partial charge in [-0.3, -0.25) is 14.6 Å². The highest BCUT2D eigenvalue weighted by molar-refractivity contribution is 6.08. The molecule has 0 N–H and O–H groups in total. The average Bonchev–Trinajstić information content (AvgIpc) is 2.72. The van der Waals surface area contributed by atoms with E-state index in [0.717, 1.165) is 10.8 Å². The van der Waals surface area contributed by atoms with E-state index >= 15 is 0 Å². The quantitative estimate of drug-likeness (QED) is 0.765. The molecule has 148 valence electrons. The van der Waals surface area contributed by atoms with Gasteiger partial charge in [0.25, 0.3) is 5.91 Å². The normalized spacial score (nSPS) is 14.2. The van der Waals surface area contributed by atoms with E-state index in [1.165, 1.54) is 6.92 Å². The molecule has 0 unspecified atom stereocenters. The Morgan fingerprint density at radius 3 is 2.39 bits per heavy atom. The van der Waals surface area contributed by atoms with Crippen LogP contribution in [-0.4, -0.2) is 65.7 Å². The number of ether oxygens (including phenoxy) is 1. The van der Waals surface area contributed by atoms with Crippen molar-refractivity contribution in [2.24, 2.45) is 0 Å². The number of pyridine rings is 1. The van der Waals surface area contributed by atoms with Gasteiger partial charge in [-0.05, 0) is 31.5 Å². The number of aromatic nitrogens is 1. The van der Waals surface area contributed by atoms with E-state index in [9.17, 15) is 14.4 Å².